The summed E-state index contributed by atoms with van der Waals surface area (Å²) < 4.78 is 24.4. The number of benzene rings is 2. The zero-order valence-corrected chi connectivity index (χ0v) is 18.8. The number of furan rings is 1. The summed E-state index contributed by atoms with van der Waals surface area (Å²) in [5.41, 5.74) is 1.53. The van der Waals surface area contributed by atoms with E-state index in [-0.39, 0.29) is 23.7 Å². The molecule has 1 amide bonds. The second-order valence-corrected chi connectivity index (χ2v) is 8.11. The van der Waals surface area contributed by atoms with E-state index >= 15 is 0 Å². The van der Waals surface area contributed by atoms with Gasteiger partial charge in [0.2, 0.25) is 5.78 Å². The Morgan fingerprint density at radius 3 is 2.66 bits per heavy atom. The third-order valence-electron chi connectivity index (χ3n) is 6.02. The Labute approximate surface area is 200 Å². The number of methoxy groups -OCH3 is 1. The first-order valence-electron chi connectivity index (χ1n) is 11.0. The number of aliphatic hydroxyl groups excluding tert-OH is 1. The van der Waals surface area contributed by atoms with Gasteiger partial charge in [0.15, 0.2) is 22.9 Å². The second-order valence-electron chi connectivity index (χ2n) is 8.11. The Morgan fingerprint density at radius 2 is 1.94 bits per heavy atom. The number of amides is 1. The number of halogens is 1. The Balaban J connectivity index is 1.52. The number of aliphatic hydroxyl groups is 1. The molecule has 0 saturated carbocycles. The average Bonchev–Trinajstić information content (AvgIpc) is 3.43. The summed E-state index contributed by atoms with van der Waals surface area (Å²) in [4.78, 5) is 32.5. The van der Waals surface area contributed by atoms with Crippen molar-refractivity contribution in [3.05, 3.63) is 107 Å². The van der Waals surface area contributed by atoms with Crippen LogP contribution in [0, 0.1) is 5.82 Å². The third kappa shape index (κ3) is 4.03. The smallest absolute Gasteiger partial charge is 0.290 e. The highest BCUT2D eigenvalue weighted by Crippen LogP contribution is 2.39. The topological polar surface area (TPSA) is 92.9 Å². The van der Waals surface area contributed by atoms with Crippen molar-refractivity contribution in [2.45, 2.75) is 12.5 Å². The van der Waals surface area contributed by atoms with E-state index in [9.17, 15) is 19.1 Å². The molecule has 0 fully saturated rings. The number of Topliss-reactive ketones (excluding diaryl/α,β-unsaturated/α-hetero) is 1. The molecule has 7 nitrogen and oxygen atoms in total. The highest BCUT2D eigenvalue weighted by Gasteiger charge is 2.45. The number of carbonyl (C=O) groups is 2. The first-order chi connectivity index (χ1) is 17.0. The number of aromatic nitrogens is 1. The number of hydrogen-bond acceptors (Lipinski definition) is 6. The van der Waals surface area contributed by atoms with Gasteiger partial charge >= 0.3 is 0 Å². The number of carbonyl (C=O) groups excluding carboxylic acids is 2. The molecule has 0 aliphatic carbocycles. The van der Waals surface area contributed by atoms with Crippen LogP contribution in [0.3, 0.4) is 0 Å². The largest absolute Gasteiger partial charge is 0.503 e. The minimum Gasteiger partial charge on any atom is -0.503 e. The Morgan fingerprint density at radius 1 is 1.14 bits per heavy atom. The van der Waals surface area contributed by atoms with Crippen molar-refractivity contribution < 1.29 is 28.2 Å². The van der Waals surface area contributed by atoms with Crippen LogP contribution in [-0.4, -0.2) is 40.3 Å². The van der Waals surface area contributed by atoms with E-state index in [4.69, 9.17) is 9.15 Å². The standard InChI is InChI=1S/C27H21FN2O5/c1-34-20-7-4-5-17-15-21(35-26(17)20)24(31)22-23(19-6-2-3-13-29-19)30(27(33)25(22)32)14-12-16-8-10-18(28)11-9-16/h2-11,13,15,23,32H,12,14H2,1H3. The van der Waals surface area contributed by atoms with E-state index in [1.165, 1.54) is 24.1 Å². The Bertz CT molecular complexity index is 1440. The average molecular weight is 472 g/mol. The molecule has 4 aromatic rings. The number of nitrogens with zero attached hydrogens (tertiary/aromatic N) is 2. The summed E-state index contributed by atoms with van der Waals surface area (Å²) in [7, 11) is 1.50. The fraction of sp³-hybridized carbons (Fsp3) is 0.148. The lowest BCUT2D eigenvalue weighted by Crippen LogP contribution is -2.33. The molecule has 176 valence electrons. The number of ketones is 1. The Kier molecular flexibility index (Phi) is 5.78. The predicted molar refractivity (Wildman–Crippen MR) is 126 cm³/mol. The zero-order chi connectivity index (χ0) is 24.5. The van der Waals surface area contributed by atoms with Crippen LogP contribution in [-0.2, 0) is 11.2 Å². The van der Waals surface area contributed by atoms with Crippen LogP contribution in [0.5, 0.6) is 5.75 Å². The van der Waals surface area contributed by atoms with Gasteiger partial charge in [-0.3, -0.25) is 14.6 Å². The molecular formula is C27H21FN2O5. The number of hydrogen-bond donors (Lipinski definition) is 1. The molecule has 1 aliphatic rings. The van der Waals surface area contributed by atoms with Crippen molar-refractivity contribution in [1.82, 2.24) is 9.88 Å². The first kappa shape index (κ1) is 22.3. The summed E-state index contributed by atoms with van der Waals surface area (Å²) >= 11 is 0. The molecule has 1 atom stereocenters. The minimum absolute atomic E-state index is 0.0276. The molecular weight excluding hydrogens is 451 g/mol. The molecule has 2 aromatic heterocycles. The van der Waals surface area contributed by atoms with Gasteiger partial charge in [-0.25, -0.2) is 4.39 Å². The van der Waals surface area contributed by atoms with E-state index in [2.05, 4.69) is 4.98 Å². The zero-order valence-electron chi connectivity index (χ0n) is 18.8. The third-order valence-corrected chi connectivity index (χ3v) is 6.02. The first-order valence-corrected chi connectivity index (χ1v) is 11.0. The maximum atomic E-state index is 13.6. The molecule has 0 bridgehead atoms. The number of ether oxygens (including phenoxy) is 1. The molecule has 1 aliphatic heterocycles. The number of rotatable bonds is 7. The lowest BCUT2D eigenvalue weighted by molar-refractivity contribution is -0.129. The van der Waals surface area contributed by atoms with Gasteiger partial charge in [0.1, 0.15) is 11.9 Å². The lowest BCUT2D eigenvalue weighted by atomic mass is 9.98. The lowest BCUT2D eigenvalue weighted by Gasteiger charge is -2.25. The van der Waals surface area contributed by atoms with Crippen LogP contribution in [0.2, 0.25) is 0 Å². The highest BCUT2D eigenvalue weighted by molar-refractivity contribution is 6.16. The van der Waals surface area contributed by atoms with Crippen molar-refractivity contribution in [2.75, 3.05) is 13.7 Å². The van der Waals surface area contributed by atoms with E-state index < -0.39 is 23.5 Å². The van der Waals surface area contributed by atoms with Crippen LogP contribution in [0.1, 0.15) is 27.9 Å². The van der Waals surface area contributed by atoms with Gasteiger partial charge in [0.05, 0.1) is 18.4 Å². The van der Waals surface area contributed by atoms with Crippen LogP contribution in [0.25, 0.3) is 11.0 Å². The summed E-state index contributed by atoms with van der Waals surface area (Å²) in [6, 6.07) is 17.0. The molecule has 2 aromatic carbocycles. The van der Waals surface area contributed by atoms with Crippen LogP contribution >= 0.6 is 0 Å². The van der Waals surface area contributed by atoms with Crippen molar-refractivity contribution in [3.63, 3.8) is 0 Å². The van der Waals surface area contributed by atoms with Gasteiger partial charge in [0.25, 0.3) is 5.91 Å². The van der Waals surface area contributed by atoms with E-state index in [0.29, 0.717) is 28.8 Å². The normalized spacial score (nSPS) is 15.8. The minimum atomic E-state index is -0.910. The van der Waals surface area contributed by atoms with Crippen molar-refractivity contribution in [1.29, 1.82) is 0 Å². The van der Waals surface area contributed by atoms with Crippen LogP contribution in [0.4, 0.5) is 4.39 Å². The molecule has 5 rings (SSSR count). The molecule has 1 N–H and O–H groups in total. The van der Waals surface area contributed by atoms with Gasteiger partial charge in [-0.05, 0) is 48.4 Å². The highest BCUT2D eigenvalue weighted by atomic mass is 19.1. The van der Waals surface area contributed by atoms with Crippen molar-refractivity contribution >= 4 is 22.7 Å². The van der Waals surface area contributed by atoms with Crippen molar-refractivity contribution in [3.8, 4) is 5.75 Å². The quantitative estimate of drug-likeness (QED) is 0.389. The number of pyridine rings is 1. The van der Waals surface area contributed by atoms with Gasteiger partial charge < -0.3 is 19.2 Å². The number of fused-ring (bicyclic) bond motifs is 1. The van der Waals surface area contributed by atoms with Gasteiger partial charge in [-0.2, -0.15) is 0 Å². The van der Waals surface area contributed by atoms with Gasteiger partial charge in [0, 0.05) is 18.1 Å². The van der Waals surface area contributed by atoms with Crippen LogP contribution < -0.4 is 4.74 Å². The maximum Gasteiger partial charge on any atom is 0.290 e. The molecule has 8 heteroatoms. The molecule has 0 saturated heterocycles. The molecule has 3 heterocycles. The summed E-state index contributed by atoms with van der Waals surface area (Å²) in [6.45, 7) is 0.181. The second kappa shape index (κ2) is 9.06. The monoisotopic (exact) mass is 472 g/mol. The van der Waals surface area contributed by atoms with E-state index in [1.807, 2.05) is 0 Å². The van der Waals surface area contributed by atoms with Gasteiger partial charge in [-0.1, -0.05) is 30.3 Å². The summed E-state index contributed by atoms with van der Waals surface area (Å²) in [6.07, 6.45) is 1.95. The van der Waals surface area contributed by atoms with Crippen molar-refractivity contribution in [2.24, 2.45) is 0 Å². The molecule has 0 radical (unpaired) electrons. The SMILES string of the molecule is COc1cccc2cc(C(=O)C3=C(O)C(=O)N(CCc4ccc(F)cc4)C3c3ccccn3)oc12. The van der Waals surface area contributed by atoms with E-state index in [1.54, 1.807) is 60.8 Å². The van der Waals surface area contributed by atoms with Gasteiger partial charge in [-0.15, -0.1) is 0 Å². The molecule has 1 unspecified atom stereocenters. The fourth-order valence-corrected chi connectivity index (χ4v) is 4.30. The predicted octanol–water partition coefficient (Wildman–Crippen LogP) is 4.80. The Hall–Kier alpha value is -4.46. The fourth-order valence-electron chi connectivity index (χ4n) is 4.30. The van der Waals surface area contributed by atoms with Crippen LogP contribution in [0.15, 0.2) is 88.7 Å². The number of para-hydroxylation sites is 1. The van der Waals surface area contributed by atoms with E-state index in [0.717, 1.165) is 5.56 Å². The summed E-state index contributed by atoms with van der Waals surface area (Å²) in [5.74, 6) is -1.86. The molecule has 0 spiro atoms. The maximum absolute atomic E-state index is 13.6. The molecule has 35 heavy (non-hydrogen) atoms. The summed E-state index contributed by atoms with van der Waals surface area (Å²) in [5, 5.41) is 11.5.